The number of anilines is 1. The van der Waals surface area contributed by atoms with Crippen LogP contribution in [-0.4, -0.2) is 74.0 Å². The zero-order valence-electron chi connectivity index (χ0n) is 22.4. The summed E-state index contributed by atoms with van der Waals surface area (Å²) >= 11 is 3.15. The summed E-state index contributed by atoms with van der Waals surface area (Å²) in [7, 11) is -3.57. The number of carbonyl (C=O) groups is 1. The average Bonchev–Trinajstić information content (AvgIpc) is 3.35. The molecule has 2 heterocycles. The number of likely N-dealkylation sites (N-methyl/N-ethyl adjacent to an activating group) is 1. The first-order valence-electron chi connectivity index (χ1n) is 12.9. The molecule has 0 bridgehead atoms. The molecule has 38 heavy (non-hydrogen) atoms. The van der Waals surface area contributed by atoms with Crippen molar-refractivity contribution in [1.82, 2.24) is 14.2 Å². The van der Waals surface area contributed by atoms with Crippen molar-refractivity contribution in [2.75, 3.05) is 50.4 Å². The number of benzene rings is 2. The van der Waals surface area contributed by atoms with Crippen molar-refractivity contribution in [1.29, 1.82) is 0 Å². The molecule has 0 N–H and O–H groups in total. The van der Waals surface area contributed by atoms with Gasteiger partial charge in [-0.05, 0) is 74.5 Å². The topological polar surface area (TPSA) is 73.8 Å². The van der Waals surface area contributed by atoms with E-state index >= 15 is 0 Å². The Morgan fingerprint density at radius 3 is 2.47 bits per heavy atom. The molecule has 1 aliphatic rings. The predicted molar refractivity (Wildman–Crippen MR) is 162 cm³/mol. The van der Waals surface area contributed by atoms with E-state index in [-0.39, 0.29) is 23.2 Å². The predicted octanol–water partition coefficient (Wildman–Crippen LogP) is 5.85. The van der Waals surface area contributed by atoms with E-state index in [2.05, 4.69) is 25.7 Å². The molecule has 7 nitrogen and oxygen atoms in total. The number of aromatic nitrogens is 1. The average molecular weight is 597 g/mol. The summed E-state index contributed by atoms with van der Waals surface area (Å²) in [5.74, 6) is 0.177. The molecule has 0 aliphatic carbocycles. The van der Waals surface area contributed by atoms with Gasteiger partial charge in [-0.1, -0.05) is 38.2 Å². The van der Waals surface area contributed by atoms with E-state index in [0.29, 0.717) is 36.2 Å². The summed E-state index contributed by atoms with van der Waals surface area (Å²) in [4.78, 5) is 24.0. The number of piperidine rings is 1. The Balaban J connectivity index is 0.00000400. The zero-order chi connectivity index (χ0) is 26.6. The number of thiazole rings is 1. The van der Waals surface area contributed by atoms with Crippen LogP contribution in [0.4, 0.5) is 5.13 Å². The Morgan fingerprint density at radius 1 is 1.13 bits per heavy atom. The van der Waals surface area contributed by atoms with E-state index in [4.69, 9.17) is 4.98 Å². The van der Waals surface area contributed by atoms with Crippen LogP contribution in [0, 0.1) is 5.92 Å². The molecule has 1 aromatic heterocycles. The molecule has 208 valence electrons. The Morgan fingerprint density at radius 2 is 1.84 bits per heavy atom. The number of rotatable bonds is 10. The van der Waals surface area contributed by atoms with Crippen molar-refractivity contribution < 1.29 is 13.2 Å². The van der Waals surface area contributed by atoms with Crippen molar-refractivity contribution in [2.24, 2.45) is 5.92 Å². The summed E-state index contributed by atoms with van der Waals surface area (Å²) in [5, 5.41) is 0.660. The van der Waals surface area contributed by atoms with Crippen LogP contribution >= 0.6 is 35.5 Å². The molecule has 1 saturated heterocycles. The van der Waals surface area contributed by atoms with Gasteiger partial charge in [0.15, 0.2) is 5.13 Å². The third-order valence-corrected chi connectivity index (χ3v) is 10.7. The Bertz CT molecular complexity index is 1330. The van der Waals surface area contributed by atoms with Crippen LogP contribution in [0.3, 0.4) is 0 Å². The van der Waals surface area contributed by atoms with Gasteiger partial charge in [0.2, 0.25) is 10.0 Å². The van der Waals surface area contributed by atoms with Crippen molar-refractivity contribution in [2.45, 2.75) is 43.4 Å². The number of amides is 1. The first-order chi connectivity index (χ1) is 17.8. The largest absolute Gasteiger partial charge is 0.302 e. The molecular formula is C27H37ClN4O3S3. The molecule has 2 aromatic carbocycles. The van der Waals surface area contributed by atoms with E-state index in [1.807, 2.05) is 24.5 Å². The van der Waals surface area contributed by atoms with Crippen LogP contribution < -0.4 is 4.90 Å². The first-order valence-corrected chi connectivity index (χ1v) is 16.3. The lowest BCUT2D eigenvalue weighted by atomic mass is 10.0. The van der Waals surface area contributed by atoms with Crippen LogP contribution in [0.5, 0.6) is 0 Å². The van der Waals surface area contributed by atoms with Crippen molar-refractivity contribution in [3.05, 3.63) is 48.0 Å². The molecule has 0 saturated carbocycles. The number of nitrogens with zero attached hydrogens (tertiary/aromatic N) is 4. The highest BCUT2D eigenvalue weighted by atomic mass is 35.5. The first kappa shape index (κ1) is 30.8. The molecular weight excluding hydrogens is 560 g/mol. The van der Waals surface area contributed by atoms with Crippen molar-refractivity contribution in [3.8, 4) is 0 Å². The number of para-hydroxylation sites is 1. The fraction of sp³-hybridized carbons (Fsp3) is 0.481. The van der Waals surface area contributed by atoms with Crippen LogP contribution in [0.25, 0.3) is 10.2 Å². The van der Waals surface area contributed by atoms with Gasteiger partial charge in [-0.3, -0.25) is 9.69 Å². The van der Waals surface area contributed by atoms with E-state index in [1.165, 1.54) is 11.3 Å². The lowest BCUT2D eigenvalue weighted by Crippen LogP contribution is -2.39. The van der Waals surface area contributed by atoms with E-state index < -0.39 is 10.0 Å². The third kappa shape index (κ3) is 6.71. The number of halogens is 1. The second-order valence-corrected chi connectivity index (χ2v) is 13.2. The molecule has 1 aliphatic heterocycles. The van der Waals surface area contributed by atoms with Gasteiger partial charge in [0.1, 0.15) is 0 Å². The highest BCUT2D eigenvalue weighted by Crippen LogP contribution is 2.35. The summed E-state index contributed by atoms with van der Waals surface area (Å²) < 4.78 is 29.0. The number of sulfonamides is 1. The number of fused-ring (bicyclic) bond motifs is 1. The minimum atomic E-state index is -3.57. The van der Waals surface area contributed by atoms with E-state index in [1.54, 1.807) is 45.2 Å². The van der Waals surface area contributed by atoms with Gasteiger partial charge in [-0.15, -0.1) is 24.2 Å². The second-order valence-electron chi connectivity index (χ2n) is 9.42. The SMILES string of the molecule is CCN(CC)CCN(C(=O)c1ccc(S(=O)(=O)N2CCCC(C)C2)cc1)c1nc2c(SC)cccc2s1.Cl. The van der Waals surface area contributed by atoms with Crippen molar-refractivity contribution in [3.63, 3.8) is 0 Å². The molecule has 0 spiro atoms. The summed E-state index contributed by atoms with van der Waals surface area (Å²) in [5.41, 5.74) is 1.36. The standard InChI is InChI=1S/C27H36N4O3S3.ClH/c1-5-29(6-2)17-18-31(27-28-25-23(35-4)10-7-11-24(25)36-27)26(32)21-12-14-22(15-13-21)37(33,34)30-16-8-9-20(3)19-30;/h7,10-15,20H,5-6,8-9,16-19H2,1-4H3;1H. The van der Waals surface area contributed by atoms with Crippen LogP contribution in [0.2, 0.25) is 0 Å². The molecule has 4 rings (SSSR count). The van der Waals surface area contributed by atoms with Crippen LogP contribution in [-0.2, 0) is 10.0 Å². The number of hydrogen-bond acceptors (Lipinski definition) is 7. The van der Waals surface area contributed by atoms with Crippen LogP contribution in [0.15, 0.2) is 52.3 Å². The summed E-state index contributed by atoms with van der Waals surface area (Å²) in [6.45, 7) is 10.4. The number of thioether (sulfide) groups is 1. The fourth-order valence-corrected chi connectivity index (χ4v) is 7.94. The molecule has 1 amide bonds. The lowest BCUT2D eigenvalue weighted by Gasteiger charge is -2.30. The van der Waals surface area contributed by atoms with Crippen molar-refractivity contribution >= 4 is 66.8 Å². The van der Waals surface area contributed by atoms with E-state index in [0.717, 1.165) is 47.6 Å². The highest BCUT2D eigenvalue weighted by Gasteiger charge is 2.29. The fourth-order valence-electron chi connectivity index (χ4n) is 4.70. The van der Waals surface area contributed by atoms with Gasteiger partial charge >= 0.3 is 0 Å². The smallest absolute Gasteiger partial charge is 0.260 e. The number of carbonyl (C=O) groups excluding carboxylic acids is 1. The minimum absolute atomic E-state index is 0. The monoisotopic (exact) mass is 596 g/mol. The lowest BCUT2D eigenvalue weighted by molar-refractivity contribution is 0.0983. The molecule has 3 aromatic rings. The summed E-state index contributed by atoms with van der Waals surface area (Å²) in [6.07, 6.45) is 3.95. The Labute approximate surface area is 241 Å². The quantitative estimate of drug-likeness (QED) is 0.273. The van der Waals surface area contributed by atoms with E-state index in [9.17, 15) is 13.2 Å². The molecule has 0 radical (unpaired) electrons. The maximum absolute atomic E-state index is 13.8. The van der Waals surface area contributed by atoms with Gasteiger partial charge in [-0.25, -0.2) is 13.4 Å². The van der Waals surface area contributed by atoms with Gasteiger partial charge in [-0.2, -0.15) is 4.31 Å². The molecule has 1 atom stereocenters. The zero-order valence-corrected chi connectivity index (χ0v) is 25.7. The minimum Gasteiger partial charge on any atom is -0.302 e. The molecule has 1 fully saturated rings. The normalized spacial score (nSPS) is 16.5. The highest BCUT2D eigenvalue weighted by molar-refractivity contribution is 7.98. The third-order valence-electron chi connectivity index (χ3n) is 6.96. The molecule has 11 heteroatoms. The van der Waals surface area contributed by atoms with Gasteiger partial charge in [0.05, 0.1) is 15.1 Å². The summed E-state index contributed by atoms with van der Waals surface area (Å²) in [6, 6.07) is 12.5. The Hall–Kier alpha value is -1.69. The molecule has 1 unspecified atom stereocenters. The van der Waals surface area contributed by atoms with Gasteiger partial charge < -0.3 is 4.90 Å². The maximum Gasteiger partial charge on any atom is 0.260 e. The maximum atomic E-state index is 13.8. The van der Waals surface area contributed by atoms with Crippen LogP contribution in [0.1, 0.15) is 44.0 Å². The number of hydrogen-bond donors (Lipinski definition) is 0. The second kappa shape index (κ2) is 13.6. The van der Waals surface area contributed by atoms with Gasteiger partial charge in [0.25, 0.3) is 5.91 Å². The van der Waals surface area contributed by atoms with Gasteiger partial charge in [0, 0.05) is 36.6 Å². The Kier molecular flexibility index (Phi) is 11.0.